The van der Waals surface area contributed by atoms with Crippen LogP contribution in [0.1, 0.15) is 6.92 Å². The van der Waals surface area contributed by atoms with Crippen molar-refractivity contribution in [2.75, 3.05) is 19.0 Å². The van der Waals surface area contributed by atoms with Crippen molar-refractivity contribution in [3.8, 4) is 5.75 Å². The number of nitrogens with one attached hydrogen (secondary N) is 2. The fraction of sp³-hybridized carbons (Fsp3) is 0.300. The van der Waals surface area contributed by atoms with Crippen molar-refractivity contribution >= 4 is 23.0 Å². The maximum atomic E-state index is 5.36. The summed E-state index contributed by atoms with van der Waals surface area (Å²) < 4.78 is 5.36. The Morgan fingerprint density at radius 2 is 2.29 bits per heavy atom. The van der Waals surface area contributed by atoms with E-state index in [2.05, 4.69) is 10.6 Å². The minimum Gasteiger partial charge on any atom is -0.494 e. The van der Waals surface area contributed by atoms with Gasteiger partial charge in [0.25, 0.3) is 0 Å². The van der Waals surface area contributed by atoms with Gasteiger partial charge < -0.3 is 15.4 Å². The van der Waals surface area contributed by atoms with Crippen molar-refractivity contribution in [2.24, 2.45) is 0 Å². The third kappa shape index (κ3) is 3.22. The summed E-state index contributed by atoms with van der Waals surface area (Å²) >= 11 is 4.98. The third-order valence-corrected chi connectivity index (χ3v) is 1.94. The number of thiocarbonyl (C=S) groups is 1. The van der Waals surface area contributed by atoms with Crippen LogP contribution in [0.25, 0.3) is 0 Å². The van der Waals surface area contributed by atoms with Gasteiger partial charge in [0.2, 0.25) is 0 Å². The number of rotatable bonds is 3. The topological polar surface area (TPSA) is 33.3 Å². The molecule has 3 nitrogen and oxygen atoms in total. The molecule has 0 aromatic heterocycles. The van der Waals surface area contributed by atoms with E-state index in [9.17, 15) is 0 Å². The normalized spacial score (nSPS) is 9.29. The average molecular weight is 210 g/mol. The van der Waals surface area contributed by atoms with Crippen LogP contribution in [0.3, 0.4) is 0 Å². The zero-order valence-corrected chi connectivity index (χ0v) is 9.15. The zero-order chi connectivity index (χ0) is 10.4. The van der Waals surface area contributed by atoms with Crippen molar-refractivity contribution in [2.45, 2.75) is 6.92 Å². The Bertz CT molecular complexity index is 315. The van der Waals surface area contributed by atoms with Crippen molar-refractivity contribution in [3.63, 3.8) is 0 Å². The van der Waals surface area contributed by atoms with Gasteiger partial charge in [-0.25, -0.2) is 0 Å². The lowest BCUT2D eigenvalue weighted by atomic mass is 10.3. The first-order chi connectivity index (χ1) is 6.76. The molecule has 0 heterocycles. The molecule has 76 valence electrons. The fourth-order valence-corrected chi connectivity index (χ4v) is 1.14. The second kappa shape index (κ2) is 5.44. The summed E-state index contributed by atoms with van der Waals surface area (Å²) in [4.78, 5) is 0. The first kappa shape index (κ1) is 10.8. The third-order valence-electron chi connectivity index (χ3n) is 1.63. The first-order valence-electron chi connectivity index (χ1n) is 4.48. The molecular weight excluding hydrogens is 196 g/mol. The van der Waals surface area contributed by atoms with Gasteiger partial charge in [-0.05, 0) is 31.3 Å². The smallest absolute Gasteiger partial charge is 0.170 e. The molecule has 4 heteroatoms. The first-order valence-corrected chi connectivity index (χ1v) is 4.88. The molecular formula is C10H14N2OS. The van der Waals surface area contributed by atoms with Gasteiger partial charge in [-0.2, -0.15) is 0 Å². The molecule has 1 aromatic rings. The van der Waals surface area contributed by atoms with Gasteiger partial charge in [0.05, 0.1) is 6.61 Å². The average Bonchev–Trinajstić information content (AvgIpc) is 2.19. The molecule has 1 aromatic carbocycles. The van der Waals surface area contributed by atoms with E-state index in [1.54, 1.807) is 7.05 Å². The molecule has 14 heavy (non-hydrogen) atoms. The maximum Gasteiger partial charge on any atom is 0.170 e. The van der Waals surface area contributed by atoms with E-state index in [1.807, 2.05) is 31.2 Å². The number of hydrogen-bond donors (Lipinski definition) is 2. The molecule has 0 bridgehead atoms. The van der Waals surface area contributed by atoms with E-state index in [-0.39, 0.29) is 0 Å². The standard InChI is InChI=1S/C10H14N2OS/c1-3-13-9-6-4-5-8(7-9)12-10(14)11-2/h4-7H,3H2,1-2H3,(H2,11,12,14). The quantitative estimate of drug-likeness (QED) is 0.748. The number of anilines is 1. The molecule has 2 N–H and O–H groups in total. The predicted octanol–water partition coefficient (Wildman–Crippen LogP) is 2.00. The second-order valence-corrected chi connectivity index (χ2v) is 3.07. The summed E-state index contributed by atoms with van der Waals surface area (Å²) in [6.45, 7) is 2.62. The number of benzene rings is 1. The lowest BCUT2D eigenvalue weighted by molar-refractivity contribution is 0.340. The van der Waals surface area contributed by atoms with Gasteiger partial charge in [0.1, 0.15) is 5.75 Å². The Balaban J connectivity index is 2.68. The Labute approximate surface area is 89.5 Å². The molecule has 0 saturated heterocycles. The van der Waals surface area contributed by atoms with Gasteiger partial charge in [0.15, 0.2) is 5.11 Å². The Morgan fingerprint density at radius 3 is 2.93 bits per heavy atom. The van der Waals surface area contributed by atoms with Crippen molar-refractivity contribution in [3.05, 3.63) is 24.3 Å². The van der Waals surface area contributed by atoms with Crippen LogP contribution in [0.15, 0.2) is 24.3 Å². The largest absolute Gasteiger partial charge is 0.494 e. The number of hydrogen-bond acceptors (Lipinski definition) is 2. The highest BCUT2D eigenvalue weighted by Crippen LogP contribution is 2.16. The monoisotopic (exact) mass is 210 g/mol. The summed E-state index contributed by atoms with van der Waals surface area (Å²) in [5.41, 5.74) is 0.926. The van der Waals surface area contributed by atoms with Crippen LogP contribution in [0.5, 0.6) is 5.75 Å². The zero-order valence-electron chi connectivity index (χ0n) is 8.33. The van der Waals surface area contributed by atoms with Crippen LogP contribution >= 0.6 is 12.2 Å². The molecule has 0 atom stereocenters. The molecule has 0 aliphatic heterocycles. The van der Waals surface area contributed by atoms with E-state index in [0.717, 1.165) is 11.4 Å². The highest BCUT2D eigenvalue weighted by atomic mass is 32.1. The van der Waals surface area contributed by atoms with Crippen LogP contribution in [-0.2, 0) is 0 Å². The molecule has 1 rings (SSSR count). The minimum absolute atomic E-state index is 0.596. The van der Waals surface area contributed by atoms with Crippen molar-refractivity contribution in [1.82, 2.24) is 5.32 Å². The lowest BCUT2D eigenvalue weighted by Gasteiger charge is -2.08. The van der Waals surface area contributed by atoms with Gasteiger partial charge in [0, 0.05) is 18.8 Å². The van der Waals surface area contributed by atoms with E-state index in [4.69, 9.17) is 17.0 Å². The van der Waals surface area contributed by atoms with E-state index >= 15 is 0 Å². The van der Waals surface area contributed by atoms with Crippen molar-refractivity contribution < 1.29 is 4.74 Å². The van der Waals surface area contributed by atoms with Crippen LogP contribution in [-0.4, -0.2) is 18.8 Å². The summed E-state index contributed by atoms with van der Waals surface area (Å²) in [6, 6.07) is 7.68. The van der Waals surface area contributed by atoms with E-state index < -0.39 is 0 Å². The summed E-state index contributed by atoms with van der Waals surface area (Å²) in [5, 5.41) is 6.47. The van der Waals surface area contributed by atoms with Crippen LogP contribution < -0.4 is 15.4 Å². The maximum absolute atomic E-state index is 5.36. The summed E-state index contributed by atoms with van der Waals surface area (Å²) in [5.74, 6) is 0.844. The van der Waals surface area contributed by atoms with Gasteiger partial charge in [-0.3, -0.25) is 0 Å². The molecule has 0 amide bonds. The van der Waals surface area contributed by atoms with E-state index in [1.165, 1.54) is 0 Å². The molecule has 0 spiro atoms. The molecule has 0 fully saturated rings. The predicted molar refractivity (Wildman–Crippen MR) is 62.9 cm³/mol. The van der Waals surface area contributed by atoms with Crippen LogP contribution in [0.2, 0.25) is 0 Å². The Morgan fingerprint density at radius 1 is 1.50 bits per heavy atom. The summed E-state index contributed by atoms with van der Waals surface area (Å²) in [6.07, 6.45) is 0. The highest BCUT2D eigenvalue weighted by molar-refractivity contribution is 7.80. The van der Waals surface area contributed by atoms with Gasteiger partial charge in [-0.15, -0.1) is 0 Å². The number of ether oxygens (including phenoxy) is 1. The molecule has 0 radical (unpaired) electrons. The lowest BCUT2D eigenvalue weighted by Crippen LogP contribution is -2.24. The molecule has 0 aliphatic rings. The molecule has 0 saturated carbocycles. The van der Waals surface area contributed by atoms with Crippen LogP contribution in [0.4, 0.5) is 5.69 Å². The Kier molecular flexibility index (Phi) is 4.19. The highest BCUT2D eigenvalue weighted by Gasteiger charge is 1.97. The van der Waals surface area contributed by atoms with Gasteiger partial charge in [-0.1, -0.05) is 6.07 Å². The van der Waals surface area contributed by atoms with Crippen molar-refractivity contribution in [1.29, 1.82) is 0 Å². The fourth-order valence-electron chi connectivity index (χ4n) is 1.02. The molecule has 0 aliphatic carbocycles. The minimum atomic E-state index is 0.596. The molecule has 0 unspecified atom stereocenters. The summed E-state index contributed by atoms with van der Waals surface area (Å²) in [7, 11) is 1.78. The van der Waals surface area contributed by atoms with Crippen LogP contribution in [0, 0.1) is 0 Å². The Hall–Kier alpha value is -1.29. The van der Waals surface area contributed by atoms with Gasteiger partial charge >= 0.3 is 0 Å². The SMILES string of the molecule is CCOc1cccc(NC(=S)NC)c1. The second-order valence-electron chi connectivity index (χ2n) is 2.66. The van der Waals surface area contributed by atoms with E-state index in [0.29, 0.717) is 11.7 Å².